The van der Waals surface area contributed by atoms with Crippen molar-refractivity contribution in [3.05, 3.63) is 63.9 Å². The average molecular weight is 323 g/mol. The number of pyridine rings is 1. The first-order valence-electron chi connectivity index (χ1n) is 6.72. The number of benzene rings is 1. The molecule has 1 aromatic carbocycles. The van der Waals surface area contributed by atoms with Crippen molar-refractivity contribution < 1.29 is 4.79 Å². The standard InChI is InChI=1S/C16H16Cl2N2O/c1-11(7-8-12-5-3-2-4-6-12)19-16(21)13-9-14(17)20-15(18)10-13/h2-6,9-11H,7-8H2,1H3,(H,19,21). The van der Waals surface area contributed by atoms with Gasteiger partial charge in [0.2, 0.25) is 0 Å². The zero-order chi connectivity index (χ0) is 15.2. The van der Waals surface area contributed by atoms with Gasteiger partial charge in [0, 0.05) is 11.6 Å². The van der Waals surface area contributed by atoms with Gasteiger partial charge in [-0.05, 0) is 37.5 Å². The Balaban J connectivity index is 1.90. The predicted molar refractivity (Wildman–Crippen MR) is 85.9 cm³/mol. The second-order valence-corrected chi connectivity index (χ2v) is 5.67. The maximum Gasteiger partial charge on any atom is 0.251 e. The molecule has 0 aliphatic rings. The Labute approximate surface area is 134 Å². The Hall–Kier alpha value is -1.58. The van der Waals surface area contributed by atoms with Crippen LogP contribution in [0.3, 0.4) is 0 Å². The third-order valence-corrected chi connectivity index (χ3v) is 3.50. The molecule has 2 aromatic rings. The lowest BCUT2D eigenvalue weighted by atomic mass is 10.1. The molecule has 0 bridgehead atoms. The molecule has 21 heavy (non-hydrogen) atoms. The summed E-state index contributed by atoms with van der Waals surface area (Å²) in [5.41, 5.74) is 1.68. The van der Waals surface area contributed by atoms with Gasteiger partial charge in [0.1, 0.15) is 10.3 Å². The van der Waals surface area contributed by atoms with E-state index in [1.54, 1.807) is 0 Å². The smallest absolute Gasteiger partial charge is 0.251 e. The lowest BCUT2D eigenvalue weighted by Gasteiger charge is -2.14. The molecule has 1 unspecified atom stereocenters. The van der Waals surface area contributed by atoms with Gasteiger partial charge in [0.15, 0.2) is 0 Å². The molecule has 3 nitrogen and oxygen atoms in total. The monoisotopic (exact) mass is 322 g/mol. The lowest BCUT2D eigenvalue weighted by Crippen LogP contribution is -2.32. The fourth-order valence-corrected chi connectivity index (χ4v) is 2.46. The van der Waals surface area contributed by atoms with E-state index in [1.807, 2.05) is 25.1 Å². The second-order valence-electron chi connectivity index (χ2n) is 4.90. The van der Waals surface area contributed by atoms with Gasteiger partial charge in [0.25, 0.3) is 5.91 Å². The fourth-order valence-electron chi connectivity index (χ4n) is 2.00. The Morgan fingerprint density at radius 2 is 1.81 bits per heavy atom. The summed E-state index contributed by atoms with van der Waals surface area (Å²) in [7, 11) is 0. The maximum absolute atomic E-state index is 12.1. The molecule has 0 aliphatic carbocycles. The molecule has 0 fully saturated rings. The molecule has 0 aliphatic heterocycles. The van der Waals surface area contributed by atoms with Gasteiger partial charge in [0.05, 0.1) is 0 Å². The first-order valence-corrected chi connectivity index (χ1v) is 7.48. The summed E-state index contributed by atoms with van der Waals surface area (Å²) < 4.78 is 0. The van der Waals surface area contributed by atoms with E-state index in [-0.39, 0.29) is 22.3 Å². The summed E-state index contributed by atoms with van der Waals surface area (Å²) in [6.45, 7) is 1.98. The molecule has 2 rings (SSSR count). The minimum atomic E-state index is -0.193. The molecule has 1 N–H and O–H groups in total. The van der Waals surface area contributed by atoms with Gasteiger partial charge in [-0.25, -0.2) is 4.98 Å². The highest BCUT2D eigenvalue weighted by Gasteiger charge is 2.12. The third kappa shape index (κ3) is 5.03. The summed E-state index contributed by atoms with van der Waals surface area (Å²) in [4.78, 5) is 15.9. The summed E-state index contributed by atoms with van der Waals surface area (Å²) in [5, 5.41) is 3.36. The van der Waals surface area contributed by atoms with Crippen molar-refractivity contribution in [2.24, 2.45) is 0 Å². The topological polar surface area (TPSA) is 42.0 Å². The molecule has 0 saturated heterocycles. The zero-order valence-corrected chi connectivity index (χ0v) is 13.2. The van der Waals surface area contributed by atoms with Crippen molar-refractivity contribution >= 4 is 29.1 Å². The number of halogens is 2. The number of aryl methyl sites for hydroxylation is 1. The minimum absolute atomic E-state index is 0.0587. The molecule has 1 heterocycles. The van der Waals surface area contributed by atoms with Crippen LogP contribution in [0.1, 0.15) is 29.3 Å². The molecule has 110 valence electrons. The van der Waals surface area contributed by atoms with Gasteiger partial charge in [-0.15, -0.1) is 0 Å². The number of nitrogens with one attached hydrogen (secondary N) is 1. The number of rotatable bonds is 5. The van der Waals surface area contributed by atoms with E-state index in [1.165, 1.54) is 17.7 Å². The first-order chi connectivity index (χ1) is 10.0. The van der Waals surface area contributed by atoms with Crippen LogP contribution < -0.4 is 5.32 Å². The second kappa shape index (κ2) is 7.43. The number of nitrogens with zero attached hydrogens (tertiary/aromatic N) is 1. The van der Waals surface area contributed by atoms with Crippen LogP contribution in [-0.2, 0) is 6.42 Å². The van der Waals surface area contributed by atoms with Crippen LogP contribution >= 0.6 is 23.2 Å². The van der Waals surface area contributed by atoms with Crippen LogP contribution in [0.4, 0.5) is 0 Å². The Morgan fingerprint density at radius 3 is 2.43 bits per heavy atom. The van der Waals surface area contributed by atoms with Crippen LogP contribution in [-0.4, -0.2) is 16.9 Å². The lowest BCUT2D eigenvalue weighted by molar-refractivity contribution is 0.0938. The number of hydrogen-bond donors (Lipinski definition) is 1. The quantitative estimate of drug-likeness (QED) is 0.840. The van der Waals surface area contributed by atoms with Gasteiger partial charge in [-0.2, -0.15) is 0 Å². The SMILES string of the molecule is CC(CCc1ccccc1)NC(=O)c1cc(Cl)nc(Cl)c1. The van der Waals surface area contributed by atoms with Crippen molar-refractivity contribution in [1.29, 1.82) is 0 Å². The van der Waals surface area contributed by atoms with E-state index < -0.39 is 0 Å². The van der Waals surface area contributed by atoms with E-state index in [0.717, 1.165) is 12.8 Å². The van der Waals surface area contributed by atoms with Gasteiger partial charge < -0.3 is 5.32 Å². The van der Waals surface area contributed by atoms with Gasteiger partial charge >= 0.3 is 0 Å². The molecule has 1 amide bonds. The highest BCUT2D eigenvalue weighted by atomic mass is 35.5. The molecule has 0 spiro atoms. The van der Waals surface area contributed by atoms with Crippen LogP contribution in [0.15, 0.2) is 42.5 Å². The summed E-state index contributed by atoms with van der Waals surface area (Å²) >= 11 is 11.6. The number of carbonyl (C=O) groups is 1. The van der Waals surface area contributed by atoms with Crippen molar-refractivity contribution in [3.8, 4) is 0 Å². The normalized spacial score (nSPS) is 12.0. The van der Waals surface area contributed by atoms with E-state index in [4.69, 9.17) is 23.2 Å². The minimum Gasteiger partial charge on any atom is -0.350 e. The first kappa shape index (κ1) is 15.8. The molecular weight excluding hydrogens is 307 g/mol. The van der Waals surface area contributed by atoms with Gasteiger partial charge in [-0.1, -0.05) is 53.5 Å². The van der Waals surface area contributed by atoms with Crippen LogP contribution in [0, 0.1) is 0 Å². The number of carbonyl (C=O) groups excluding carboxylic acids is 1. The summed E-state index contributed by atoms with van der Waals surface area (Å²) in [5.74, 6) is -0.193. The Kier molecular flexibility index (Phi) is 5.59. The largest absolute Gasteiger partial charge is 0.350 e. The van der Waals surface area contributed by atoms with Crippen molar-refractivity contribution in [2.45, 2.75) is 25.8 Å². The molecule has 0 saturated carbocycles. The van der Waals surface area contributed by atoms with Gasteiger partial charge in [-0.3, -0.25) is 4.79 Å². The van der Waals surface area contributed by atoms with E-state index in [2.05, 4.69) is 22.4 Å². The van der Waals surface area contributed by atoms with Crippen molar-refractivity contribution in [2.75, 3.05) is 0 Å². The third-order valence-electron chi connectivity index (χ3n) is 3.11. The molecule has 0 radical (unpaired) electrons. The summed E-state index contributed by atoms with van der Waals surface area (Å²) in [6, 6.07) is 13.3. The van der Waals surface area contributed by atoms with E-state index in [9.17, 15) is 4.79 Å². The van der Waals surface area contributed by atoms with E-state index >= 15 is 0 Å². The molecule has 1 aromatic heterocycles. The predicted octanol–water partition coefficient (Wildman–Crippen LogP) is 4.14. The number of aromatic nitrogens is 1. The summed E-state index contributed by atoms with van der Waals surface area (Å²) in [6.07, 6.45) is 1.78. The number of hydrogen-bond acceptors (Lipinski definition) is 2. The van der Waals surface area contributed by atoms with Crippen LogP contribution in [0.5, 0.6) is 0 Å². The molecular formula is C16H16Cl2N2O. The van der Waals surface area contributed by atoms with Crippen molar-refractivity contribution in [3.63, 3.8) is 0 Å². The Morgan fingerprint density at radius 1 is 1.19 bits per heavy atom. The Bertz CT molecular complexity index is 597. The zero-order valence-electron chi connectivity index (χ0n) is 11.6. The molecule has 5 heteroatoms. The van der Waals surface area contributed by atoms with Crippen LogP contribution in [0.25, 0.3) is 0 Å². The van der Waals surface area contributed by atoms with E-state index in [0.29, 0.717) is 5.56 Å². The molecule has 1 atom stereocenters. The highest BCUT2D eigenvalue weighted by Crippen LogP contribution is 2.15. The average Bonchev–Trinajstić information content (AvgIpc) is 2.45. The van der Waals surface area contributed by atoms with Crippen LogP contribution in [0.2, 0.25) is 10.3 Å². The van der Waals surface area contributed by atoms with Crippen molar-refractivity contribution in [1.82, 2.24) is 10.3 Å². The maximum atomic E-state index is 12.1. The highest BCUT2D eigenvalue weighted by molar-refractivity contribution is 6.33. The number of amides is 1. The fraction of sp³-hybridized carbons (Fsp3) is 0.250.